The summed E-state index contributed by atoms with van der Waals surface area (Å²) >= 11 is 1.60. The Balaban J connectivity index is 1.83. The molecule has 0 radical (unpaired) electrons. The van der Waals surface area contributed by atoms with Gasteiger partial charge in [0.2, 0.25) is 0 Å². The monoisotopic (exact) mass is 278 g/mol. The molecule has 8 heteroatoms. The molecule has 0 aliphatic rings. The number of hydrogen-bond acceptors (Lipinski definition) is 7. The van der Waals surface area contributed by atoms with Gasteiger partial charge in [-0.3, -0.25) is 4.79 Å². The number of nitrogen functional groups attached to an aromatic ring is 1. The number of carbonyl (C=O) groups is 1. The molecule has 100 valence electrons. The quantitative estimate of drug-likeness (QED) is 0.543. The van der Waals surface area contributed by atoms with Crippen molar-refractivity contribution in [1.82, 2.24) is 20.3 Å². The molecule has 0 unspecified atom stereocenters. The van der Waals surface area contributed by atoms with E-state index in [-0.39, 0.29) is 11.6 Å². The fraction of sp³-hybridized carbons (Fsp3) is 0.273. The Hall–Kier alpha value is -2.06. The first-order valence-corrected chi connectivity index (χ1v) is 6.55. The highest BCUT2D eigenvalue weighted by Gasteiger charge is 2.07. The van der Waals surface area contributed by atoms with Crippen LogP contribution in [0.1, 0.15) is 21.2 Å². The fourth-order valence-corrected chi connectivity index (χ4v) is 2.08. The Morgan fingerprint density at radius 1 is 1.42 bits per heavy atom. The van der Waals surface area contributed by atoms with E-state index in [1.165, 1.54) is 12.4 Å². The molecule has 2 aromatic rings. The lowest BCUT2D eigenvalue weighted by Crippen LogP contribution is -2.26. The Morgan fingerprint density at radius 2 is 2.26 bits per heavy atom. The van der Waals surface area contributed by atoms with Crippen molar-refractivity contribution in [3.8, 4) is 0 Å². The molecule has 0 aliphatic carbocycles. The molecule has 0 bridgehead atoms. The lowest BCUT2D eigenvalue weighted by Gasteiger charge is -2.03. The van der Waals surface area contributed by atoms with Crippen molar-refractivity contribution in [3.63, 3.8) is 0 Å². The molecular weight excluding hydrogens is 264 g/mol. The summed E-state index contributed by atoms with van der Waals surface area (Å²) in [5, 5.41) is 5.78. The third kappa shape index (κ3) is 3.70. The maximum atomic E-state index is 11.8. The molecule has 0 atom stereocenters. The minimum absolute atomic E-state index is 0.258. The second-order valence-electron chi connectivity index (χ2n) is 3.79. The van der Waals surface area contributed by atoms with Crippen molar-refractivity contribution in [1.29, 1.82) is 0 Å². The molecule has 2 aromatic heterocycles. The van der Waals surface area contributed by atoms with Gasteiger partial charge < -0.3 is 10.7 Å². The summed E-state index contributed by atoms with van der Waals surface area (Å²) in [5.41, 5.74) is 3.59. The summed E-state index contributed by atoms with van der Waals surface area (Å²) in [6, 6.07) is 0. The molecule has 0 aliphatic heterocycles. The Kier molecular flexibility index (Phi) is 4.37. The first-order chi connectivity index (χ1) is 9.19. The average molecular weight is 278 g/mol. The van der Waals surface area contributed by atoms with Crippen LogP contribution in [-0.2, 0) is 6.42 Å². The second kappa shape index (κ2) is 6.21. The van der Waals surface area contributed by atoms with Gasteiger partial charge in [-0.2, -0.15) is 0 Å². The lowest BCUT2D eigenvalue weighted by molar-refractivity contribution is 0.0949. The van der Waals surface area contributed by atoms with E-state index in [1.807, 2.05) is 12.3 Å². The Labute approximate surface area is 114 Å². The minimum Gasteiger partial charge on any atom is -0.350 e. The van der Waals surface area contributed by atoms with E-state index in [1.54, 1.807) is 11.3 Å². The van der Waals surface area contributed by atoms with Crippen LogP contribution in [0.15, 0.2) is 17.8 Å². The molecule has 2 heterocycles. The van der Waals surface area contributed by atoms with Crippen LogP contribution in [0.3, 0.4) is 0 Å². The van der Waals surface area contributed by atoms with E-state index < -0.39 is 0 Å². The molecule has 0 saturated heterocycles. The zero-order valence-corrected chi connectivity index (χ0v) is 11.2. The lowest BCUT2D eigenvalue weighted by atomic mass is 10.3. The molecule has 2 rings (SSSR count). The molecule has 19 heavy (non-hydrogen) atoms. The van der Waals surface area contributed by atoms with E-state index in [2.05, 4.69) is 25.7 Å². The number of anilines is 1. The van der Waals surface area contributed by atoms with E-state index in [0.29, 0.717) is 18.8 Å². The summed E-state index contributed by atoms with van der Waals surface area (Å²) in [5.74, 6) is 5.31. The number of thiazole rings is 1. The topological polar surface area (TPSA) is 106 Å². The molecule has 4 N–H and O–H groups in total. The highest BCUT2D eigenvalue weighted by Crippen LogP contribution is 2.07. The van der Waals surface area contributed by atoms with Gasteiger partial charge in [0.05, 0.1) is 23.1 Å². The molecule has 0 fully saturated rings. The second-order valence-corrected chi connectivity index (χ2v) is 4.86. The molecular formula is C11H14N6OS. The van der Waals surface area contributed by atoms with Crippen molar-refractivity contribution in [2.24, 2.45) is 5.84 Å². The number of rotatable bonds is 5. The largest absolute Gasteiger partial charge is 0.350 e. The fourth-order valence-electron chi connectivity index (χ4n) is 1.44. The highest BCUT2D eigenvalue weighted by molar-refractivity contribution is 7.09. The number of carbonyl (C=O) groups excluding carboxylic acids is 1. The predicted molar refractivity (Wildman–Crippen MR) is 72.7 cm³/mol. The summed E-state index contributed by atoms with van der Waals surface area (Å²) in [6.07, 6.45) is 3.47. The molecule has 0 spiro atoms. The van der Waals surface area contributed by atoms with Gasteiger partial charge in [0.1, 0.15) is 5.69 Å². The van der Waals surface area contributed by atoms with E-state index in [9.17, 15) is 4.79 Å². The number of nitrogens with one attached hydrogen (secondary N) is 2. The minimum atomic E-state index is -0.261. The van der Waals surface area contributed by atoms with Crippen LogP contribution in [0.4, 0.5) is 5.82 Å². The third-order valence-corrected chi connectivity index (χ3v) is 3.19. The Morgan fingerprint density at radius 3 is 2.84 bits per heavy atom. The summed E-state index contributed by atoms with van der Waals surface area (Å²) in [4.78, 5) is 23.9. The van der Waals surface area contributed by atoms with Crippen molar-refractivity contribution < 1.29 is 4.79 Å². The zero-order chi connectivity index (χ0) is 13.7. The normalized spacial score (nSPS) is 10.2. The predicted octanol–water partition coefficient (Wildman–Crippen LogP) is 0.500. The summed E-state index contributed by atoms with van der Waals surface area (Å²) < 4.78 is 0. The summed E-state index contributed by atoms with van der Waals surface area (Å²) in [6.45, 7) is 2.47. The van der Waals surface area contributed by atoms with Gasteiger partial charge in [-0.1, -0.05) is 0 Å². The highest BCUT2D eigenvalue weighted by atomic mass is 32.1. The third-order valence-electron chi connectivity index (χ3n) is 2.37. The number of aromatic nitrogens is 3. The van der Waals surface area contributed by atoms with Gasteiger partial charge in [0.15, 0.2) is 5.82 Å². The maximum Gasteiger partial charge on any atom is 0.271 e. The first-order valence-electron chi connectivity index (χ1n) is 5.67. The van der Waals surface area contributed by atoms with E-state index in [0.717, 1.165) is 10.7 Å². The van der Waals surface area contributed by atoms with Gasteiger partial charge in [-0.15, -0.1) is 11.3 Å². The van der Waals surface area contributed by atoms with Gasteiger partial charge in [-0.25, -0.2) is 20.8 Å². The van der Waals surface area contributed by atoms with Gasteiger partial charge in [0.25, 0.3) is 5.91 Å². The van der Waals surface area contributed by atoms with Crippen molar-refractivity contribution in [3.05, 3.63) is 34.2 Å². The van der Waals surface area contributed by atoms with Crippen LogP contribution in [0.2, 0.25) is 0 Å². The smallest absolute Gasteiger partial charge is 0.271 e. The van der Waals surface area contributed by atoms with Crippen LogP contribution in [0.5, 0.6) is 0 Å². The zero-order valence-electron chi connectivity index (χ0n) is 10.4. The van der Waals surface area contributed by atoms with Crippen molar-refractivity contribution in [2.75, 3.05) is 12.0 Å². The van der Waals surface area contributed by atoms with Crippen LogP contribution in [0, 0.1) is 6.92 Å². The number of amides is 1. The number of aryl methyl sites for hydroxylation is 1. The molecule has 1 amide bonds. The number of nitrogens with two attached hydrogens (primary N) is 1. The van der Waals surface area contributed by atoms with Gasteiger partial charge >= 0.3 is 0 Å². The average Bonchev–Trinajstić information content (AvgIpc) is 2.84. The van der Waals surface area contributed by atoms with E-state index in [4.69, 9.17) is 5.84 Å². The standard InChI is InChI=1S/C11H14N6OS/c1-7-16-8(6-19-7)2-3-13-11(18)9-4-15-10(17-12)5-14-9/h4-6H,2-3,12H2,1H3,(H,13,18)(H,15,17). The number of hydrogen-bond donors (Lipinski definition) is 3. The summed E-state index contributed by atoms with van der Waals surface area (Å²) in [7, 11) is 0. The van der Waals surface area contributed by atoms with Crippen LogP contribution in [0.25, 0.3) is 0 Å². The van der Waals surface area contributed by atoms with Gasteiger partial charge in [-0.05, 0) is 6.92 Å². The van der Waals surface area contributed by atoms with Crippen molar-refractivity contribution in [2.45, 2.75) is 13.3 Å². The number of nitrogens with zero attached hydrogens (tertiary/aromatic N) is 3. The van der Waals surface area contributed by atoms with Crippen LogP contribution < -0.4 is 16.6 Å². The molecule has 0 aromatic carbocycles. The van der Waals surface area contributed by atoms with Gasteiger partial charge in [0, 0.05) is 18.3 Å². The van der Waals surface area contributed by atoms with Crippen LogP contribution >= 0.6 is 11.3 Å². The van der Waals surface area contributed by atoms with E-state index >= 15 is 0 Å². The molecule has 0 saturated carbocycles. The number of hydrazine groups is 1. The van der Waals surface area contributed by atoms with Crippen LogP contribution in [-0.4, -0.2) is 27.4 Å². The molecule has 7 nitrogen and oxygen atoms in total. The SMILES string of the molecule is Cc1nc(CCNC(=O)c2cnc(NN)cn2)cs1. The maximum absolute atomic E-state index is 11.8. The Bertz CT molecular complexity index is 553. The first kappa shape index (κ1) is 13.4. The van der Waals surface area contributed by atoms with Crippen molar-refractivity contribution >= 4 is 23.1 Å².